The normalized spacial score (nSPS) is 14.1. The quantitative estimate of drug-likeness (QED) is 0.861. The van der Waals surface area contributed by atoms with Gasteiger partial charge in [-0.1, -0.05) is 24.3 Å². The van der Waals surface area contributed by atoms with E-state index in [0.29, 0.717) is 29.2 Å². The third-order valence-electron chi connectivity index (χ3n) is 2.98. The number of benzene rings is 2. The minimum Gasteiger partial charge on any atom is -0.507 e. The molecule has 0 aliphatic carbocycles. The molecule has 0 radical (unpaired) electrons. The molecule has 2 aromatic carbocycles. The smallest absolute Gasteiger partial charge is 0.159 e. The van der Waals surface area contributed by atoms with Crippen molar-refractivity contribution in [3.05, 3.63) is 59.7 Å². The van der Waals surface area contributed by atoms with Crippen LogP contribution in [0.2, 0.25) is 0 Å². The molecule has 2 N–H and O–H groups in total. The molecule has 0 bridgehead atoms. The van der Waals surface area contributed by atoms with Gasteiger partial charge in [-0.2, -0.15) is 0 Å². The Labute approximate surface area is 110 Å². The van der Waals surface area contributed by atoms with Gasteiger partial charge in [-0.05, 0) is 24.3 Å². The van der Waals surface area contributed by atoms with Gasteiger partial charge in [0.1, 0.15) is 11.5 Å². The van der Waals surface area contributed by atoms with Crippen LogP contribution in [-0.2, 0) is 0 Å². The SMILES string of the molecule is Oc1ccccc1C1=NC(c2ccccc2O)=NC1. The summed E-state index contributed by atoms with van der Waals surface area (Å²) in [6.07, 6.45) is 0. The van der Waals surface area contributed by atoms with E-state index in [1.807, 2.05) is 12.1 Å². The summed E-state index contributed by atoms with van der Waals surface area (Å²) in [5.74, 6) is 0.842. The van der Waals surface area contributed by atoms with Crippen molar-refractivity contribution in [2.75, 3.05) is 6.54 Å². The number of rotatable bonds is 2. The second-order valence-electron chi connectivity index (χ2n) is 4.23. The van der Waals surface area contributed by atoms with Crippen molar-refractivity contribution in [1.82, 2.24) is 0 Å². The lowest BCUT2D eigenvalue weighted by Gasteiger charge is -2.02. The predicted molar refractivity (Wildman–Crippen MR) is 74.2 cm³/mol. The molecule has 0 saturated carbocycles. The Hall–Kier alpha value is -2.62. The molecule has 2 aromatic rings. The van der Waals surface area contributed by atoms with Gasteiger partial charge in [0.25, 0.3) is 0 Å². The number of phenolic OH excluding ortho intramolecular Hbond substituents is 2. The third-order valence-corrected chi connectivity index (χ3v) is 2.98. The molecule has 4 heteroatoms. The van der Waals surface area contributed by atoms with Crippen molar-refractivity contribution in [3.8, 4) is 11.5 Å². The van der Waals surface area contributed by atoms with Crippen LogP contribution in [-0.4, -0.2) is 28.3 Å². The fourth-order valence-electron chi connectivity index (χ4n) is 2.02. The molecule has 0 saturated heterocycles. The molecule has 0 aromatic heterocycles. The lowest BCUT2D eigenvalue weighted by molar-refractivity contribution is 0.473. The second kappa shape index (κ2) is 4.57. The number of hydrogen-bond donors (Lipinski definition) is 2. The fraction of sp³-hybridized carbons (Fsp3) is 0.0667. The van der Waals surface area contributed by atoms with Gasteiger partial charge in [-0.3, -0.25) is 4.99 Å². The first kappa shape index (κ1) is 11.5. The van der Waals surface area contributed by atoms with Crippen molar-refractivity contribution < 1.29 is 10.2 Å². The van der Waals surface area contributed by atoms with E-state index in [2.05, 4.69) is 9.98 Å². The fourth-order valence-corrected chi connectivity index (χ4v) is 2.02. The number of aliphatic imine (C=N–C) groups is 2. The minimum absolute atomic E-state index is 0.156. The monoisotopic (exact) mass is 252 g/mol. The van der Waals surface area contributed by atoms with Crippen LogP contribution in [0.1, 0.15) is 11.1 Å². The van der Waals surface area contributed by atoms with Crippen LogP contribution >= 0.6 is 0 Å². The molecular formula is C15H12N2O2. The number of hydrogen-bond acceptors (Lipinski definition) is 4. The van der Waals surface area contributed by atoms with Crippen LogP contribution < -0.4 is 0 Å². The van der Waals surface area contributed by atoms with Gasteiger partial charge in [0.15, 0.2) is 5.84 Å². The molecular weight excluding hydrogens is 240 g/mol. The largest absolute Gasteiger partial charge is 0.507 e. The summed E-state index contributed by atoms with van der Waals surface area (Å²) in [6.45, 7) is 0.404. The first-order chi connectivity index (χ1) is 9.25. The zero-order valence-corrected chi connectivity index (χ0v) is 10.1. The third kappa shape index (κ3) is 2.08. The van der Waals surface area contributed by atoms with E-state index < -0.39 is 0 Å². The summed E-state index contributed by atoms with van der Waals surface area (Å²) in [5, 5.41) is 19.6. The van der Waals surface area contributed by atoms with Crippen molar-refractivity contribution >= 4 is 11.5 Å². The first-order valence-corrected chi connectivity index (χ1v) is 5.94. The Balaban J connectivity index is 1.97. The van der Waals surface area contributed by atoms with Gasteiger partial charge in [0, 0.05) is 5.56 Å². The van der Waals surface area contributed by atoms with Crippen molar-refractivity contribution in [2.24, 2.45) is 9.98 Å². The highest BCUT2D eigenvalue weighted by Gasteiger charge is 2.17. The molecule has 0 fully saturated rings. The average Bonchev–Trinajstić information content (AvgIpc) is 2.89. The van der Waals surface area contributed by atoms with E-state index in [0.717, 1.165) is 0 Å². The van der Waals surface area contributed by atoms with E-state index in [1.54, 1.807) is 36.4 Å². The van der Waals surface area contributed by atoms with Crippen LogP contribution in [0.4, 0.5) is 0 Å². The van der Waals surface area contributed by atoms with Crippen molar-refractivity contribution in [2.45, 2.75) is 0 Å². The van der Waals surface area contributed by atoms with Crippen LogP contribution in [0.3, 0.4) is 0 Å². The van der Waals surface area contributed by atoms with Crippen molar-refractivity contribution in [3.63, 3.8) is 0 Å². The van der Waals surface area contributed by atoms with Crippen LogP contribution in [0, 0.1) is 0 Å². The Morgan fingerprint density at radius 3 is 2.00 bits per heavy atom. The molecule has 1 heterocycles. The van der Waals surface area contributed by atoms with Crippen molar-refractivity contribution in [1.29, 1.82) is 0 Å². The maximum absolute atomic E-state index is 9.80. The lowest BCUT2D eigenvalue weighted by atomic mass is 10.1. The van der Waals surface area contributed by atoms with Gasteiger partial charge >= 0.3 is 0 Å². The Morgan fingerprint density at radius 1 is 0.789 bits per heavy atom. The highest BCUT2D eigenvalue weighted by Crippen LogP contribution is 2.23. The summed E-state index contributed by atoms with van der Waals surface area (Å²) in [6, 6.07) is 14.0. The molecule has 0 spiro atoms. The molecule has 1 aliphatic rings. The summed E-state index contributed by atoms with van der Waals surface area (Å²) in [7, 11) is 0. The number of aromatic hydroxyl groups is 2. The molecule has 4 nitrogen and oxygen atoms in total. The molecule has 1 aliphatic heterocycles. The summed E-state index contributed by atoms with van der Waals surface area (Å²) >= 11 is 0. The van der Waals surface area contributed by atoms with E-state index in [-0.39, 0.29) is 11.5 Å². The van der Waals surface area contributed by atoms with Gasteiger partial charge in [-0.25, -0.2) is 4.99 Å². The van der Waals surface area contributed by atoms with Gasteiger partial charge < -0.3 is 10.2 Å². The average molecular weight is 252 g/mol. The second-order valence-corrected chi connectivity index (χ2v) is 4.23. The number of nitrogens with zero attached hydrogens (tertiary/aromatic N) is 2. The first-order valence-electron chi connectivity index (χ1n) is 5.94. The Morgan fingerprint density at radius 2 is 1.37 bits per heavy atom. The number of para-hydroxylation sites is 2. The van der Waals surface area contributed by atoms with Crippen LogP contribution in [0.15, 0.2) is 58.5 Å². The Bertz CT molecular complexity index is 690. The topological polar surface area (TPSA) is 65.2 Å². The van der Waals surface area contributed by atoms with Crippen LogP contribution in [0.5, 0.6) is 11.5 Å². The maximum atomic E-state index is 9.80. The van der Waals surface area contributed by atoms with Gasteiger partial charge in [0.2, 0.25) is 0 Å². The van der Waals surface area contributed by atoms with Gasteiger partial charge in [-0.15, -0.1) is 0 Å². The summed E-state index contributed by atoms with van der Waals surface area (Å²) < 4.78 is 0. The standard InChI is InChI=1S/C15H12N2O2/c18-13-7-3-1-5-10(13)12-9-16-15(17-12)11-6-2-4-8-14(11)19/h1-8,18-19H,9H2. The summed E-state index contributed by atoms with van der Waals surface area (Å²) in [4.78, 5) is 8.70. The molecule has 0 unspecified atom stereocenters. The van der Waals surface area contributed by atoms with Gasteiger partial charge in [0.05, 0.1) is 17.8 Å². The van der Waals surface area contributed by atoms with E-state index >= 15 is 0 Å². The molecule has 0 atom stereocenters. The molecule has 0 amide bonds. The zero-order chi connectivity index (χ0) is 13.2. The minimum atomic E-state index is 0.156. The maximum Gasteiger partial charge on any atom is 0.159 e. The summed E-state index contributed by atoms with van der Waals surface area (Å²) in [5.41, 5.74) is 1.99. The zero-order valence-electron chi connectivity index (χ0n) is 10.1. The Kier molecular flexibility index (Phi) is 2.76. The van der Waals surface area contributed by atoms with E-state index in [4.69, 9.17) is 0 Å². The lowest BCUT2D eigenvalue weighted by Crippen LogP contribution is -2.02. The number of amidine groups is 1. The van der Waals surface area contributed by atoms with E-state index in [9.17, 15) is 10.2 Å². The highest BCUT2D eigenvalue weighted by atomic mass is 16.3. The highest BCUT2D eigenvalue weighted by molar-refractivity contribution is 6.18. The molecule has 3 rings (SSSR count). The molecule has 94 valence electrons. The number of phenols is 2. The van der Waals surface area contributed by atoms with E-state index in [1.165, 1.54) is 0 Å². The van der Waals surface area contributed by atoms with Crippen LogP contribution in [0.25, 0.3) is 0 Å². The molecule has 19 heavy (non-hydrogen) atoms. The predicted octanol–water partition coefficient (Wildman–Crippen LogP) is 2.35.